The largest absolute Gasteiger partial charge is 0.298 e. The van der Waals surface area contributed by atoms with Gasteiger partial charge in [0, 0.05) is 24.9 Å². The number of thiol groups is 1. The molecule has 0 radical (unpaired) electrons. The predicted molar refractivity (Wildman–Crippen MR) is 72.8 cm³/mol. The number of piperidine rings is 1. The Morgan fingerprint density at radius 2 is 1.69 bits per heavy atom. The van der Waals surface area contributed by atoms with Crippen molar-refractivity contribution in [1.29, 1.82) is 0 Å². The molecular weight excluding hydrogens is 214 g/mol. The maximum atomic E-state index is 4.69. The van der Waals surface area contributed by atoms with Crippen molar-refractivity contribution in [1.82, 2.24) is 4.90 Å². The first kappa shape index (κ1) is 12.0. The molecule has 1 aliphatic rings. The van der Waals surface area contributed by atoms with Gasteiger partial charge in [0.15, 0.2) is 0 Å². The molecule has 1 saturated heterocycles. The third kappa shape index (κ3) is 2.80. The van der Waals surface area contributed by atoms with Crippen LogP contribution in [0.4, 0.5) is 0 Å². The fourth-order valence-electron chi connectivity index (χ4n) is 2.64. The van der Waals surface area contributed by atoms with Crippen LogP contribution in [0.5, 0.6) is 0 Å². The average molecular weight is 235 g/mol. The van der Waals surface area contributed by atoms with Crippen LogP contribution in [-0.2, 0) is 6.54 Å². The molecule has 0 N–H and O–H groups in total. The zero-order chi connectivity index (χ0) is 11.5. The summed E-state index contributed by atoms with van der Waals surface area (Å²) in [4.78, 5) is 2.55. The topological polar surface area (TPSA) is 3.24 Å². The second kappa shape index (κ2) is 5.24. The fourth-order valence-corrected chi connectivity index (χ4v) is 2.83. The van der Waals surface area contributed by atoms with Crippen molar-refractivity contribution in [2.24, 2.45) is 11.8 Å². The third-order valence-corrected chi connectivity index (χ3v) is 4.53. The van der Waals surface area contributed by atoms with Crippen molar-refractivity contribution in [2.75, 3.05) is 13.1 Å². The van der Waals surface area contributed by atoms with Crippen molar-refractivity contribution in [3.63, 3.8) is 0 Å². The van der Waals surface area contributed by atoms with Gasteiger partial charge < -0.3 is 0 Å². The summed E-state index contributed by atoms with van der Waals surface area (Å²) in [6.45, 7) is 8.05. The summed E-state index contributed by atoms with van der Waals surface area (Å²) in [7, 11) is 0. The molecule has 1 heterocycles. The fraction of sp³-hybridized carbons (Fsp3) is 0.571. The van der Waals surface area contributed by atoms with Crippen molar-refractivity contribution in [2.45, 2.75) is 25.6 Å². The van der Waals surface area contributed by atoms with Crippen LogP contribution in [0.1, 0.15) is 19.4 Å². The molecule has 2 rings (SSSR count). The molecule has 1 aromatic rings. The van der Waals surface area contributed by atoms with Gasteiger partial charge in [0.05, 0.1) is 0 Å². The normalized spacial score (nSPS) is 28.2. The van der Waals surface area contributed by atoms with Crippen LogP contribution < -0.4 is 0 Å². The van der Waals surface area contributed by atoms with E-state index in [1.54, 1.807) is 0 Å². The lowest BCUT2D eigenvalue weighted by molar-refractivity contribution is 0.141. The lowest BCUT2D eigenvalue weighted by Crippen LogP contribution is -2.44. The predicted octanol–water partition coefficient (Wildman–Crippen LogP) is 3.07. The van der Waals surface area contributed by atoms with Gasteiger partial charge >= 0.3 is 0 Å². The Hall–Kier alpha value is -0.470. The number of hydrogen-bond donors (Lipinski definition) is 1. The zero-order valence-electron chi connectivity index (χ0n) is 10.1. The molecule has 0 spiro atoms. The van der Waals surface area contributed by atoms with Gasteiger partial charge in [-0.15, -0.1) is 0 Å². The van der Waals surface area contributed by atoms with E-state index in [0.29, 0.717) is 17.1 Å². The van der Waals surface area contributed by atoms with Crippen LogP contribution >= 0.6 is 12.6 Å². The van der Waals surface area contributed by atoms with Gasteiger partial charge in [-0.3, -0.25) is 4.90 Å². The van der Waals surface area contributed by atoms with E-state index in [9.17, 15) is 0 Å². The summed E-state index contributed by atoms with van der Waals surface area (Å²) >= 11 is 4.69. The van der Waals surface area contributed by atoms with Crippen LogP contribution in [0.15, 0.2) is 30.3 Å². The van der Waals surface area contributed by atoms with Gasteiger partial charge in [0.25, 0.3) is 0 Å². The van der Waals surface area contributed by atoms with E-state index in [1.807, 2.05) is 0 Å². The Bertz CT molecular complexity index is 313. The molecule has 1 nitrogen and oxygen atoms in total. The first-order chi connectivity index (χ1) is 7.66. The highest BCUT2D eigenvalue weighted by molar-refractivity contribution is 7.81. The Morgan fingerprint density at radius 3 is 2.25 bits per heavy atom. The summed E-state index contributed by atoms with van der Waals surface area (Å²) in [6.07, 6.45) is 0. The highest BCUT2D eigenvalue weighted by atomic mass is 32.1. The Morgan fingerprint density at radius 1 is 1.12 bits per heavy atom. The van der Waals surface area contributed by atoms with Crippen molar-refractivity contribution in [3.05, 3.63) is 35.9 Å². The molecule has 0 amide bonds. The van der Waals surface area contributed by atoms with Crippen LogP contribution in [0, 0.1) is 11.8 Å². The van der Waals surface area contributed by atoms with Crippen LogP contribution in [-0.4, -0.2) is 23.2 Å². The summed E-state index contributed by atoms with van der Waals surface area (Å²) in [6, 6.07) is 10.7. The number of nitrogens with zero attached hydrogens (tertiary/aromatic N) is 1. The molecule has 0 aliphatic carbocycles. The third-order valence-electron chi connectivity index (χ3n) is 3.51. The van der Waals surface area contributed by atoms with Crippen LogP contribution in [0.2, 0.25) is 0 Å². The van der Waals surface area contributed by atoms with Gasteiger partial charge in [-0.05, 0) is 17.4 Å². The van der Waals surface area contributed by atoms with E-state index < -0.39 is 0 Å². The van der Waals surface area contributed by atoms with Gasteiger partial charge in [0.1, 0.15) is 0 Å². The lowest BCUT2D eigenvalue weighted by Gasteiger charge is -2.39. The van der Waals surface area contributed by atoms with E-state index in [-0.39, 0.29) is 0 Å². The molecular formula is C14H21NS. The Kier molecular flexibility index (Phi) is 3.93. The zero-order valence-corrected chi connectivity index (χ0v) is 11.0. The molecule has 16 heavy (non-hydrogen) atoms. The molecule has 0 unspecified atom stereocenters. The molecule has 1 aromatic carbocycles. The second-order valence-corrected chi connectivity index (χ2v) is 5.72. The molecule has 1 aliphatic heterocycles. The second-order valence-electron chi connectivity index (χ2n) is 5.12. The van der Waals surface area contributed by atoms with Crippen LogP contribution in [0.25, 0.3) is 0 Å². The molecule has 0 aromatic heterocycles. The maximum absolute atomic E-state index is 4.69. The van der Waals surface area contributed by atoms with Crippen molar-refractivity contribution >= 4 is 12.6 Å². The van der Waals surface area contributed by atoms with E-state index in [4.69, 9.17) is 12.6 Å². The smallest absolute Gasteiger partial charge is 0.0233 e. The van der Waals surface area contributed by atoms with E-state index in [0.717, 1.165) is 6.54 Å². The summed E-state index contributed by atoms with van der Waals surface area (Å²) in [5, 5.41) is 0.562. The van der Waals surface area contributed by atoms with Crippen molar-refractivity contribution < 1.29 is 0 Å². The van der Waals surface area contributed by atoms with E-state index in [2.05, 4.69) is 49.1 Å². The lowest BCUT2D eigenvalue weighted by atomic mass is 9.91. The maximum Gasteiger partial charge on any atom is 0.0233 e. The average Bonchev–Trinajstić information content (AvgIpc) is 2.27. The first-order valence-electron chi connectivity index (χ1n) is 6.11. The van der Waals surface area contributed by atoms with Gasteiger partial charge in [-0.1, -0.05) is 44.2 Å². The highest BCUT2D eigenvalue weighted by Crippen LogP contribution is 2.27. The number of likely N-dealkylation sites (tertiary alicyclic amines) is 1. The highest BCUT2D eigenvalue weighted by Gasteiger charge is 2.28. The van der Waals surface area contributed by atoms with E-state index in [1.165, 1.54) is 18.7 Å². The number of rotatable bonds is 2. The molecule has 2 atom stereocenters. The van der Waals surface area contributed by atoms with Crippen LogP contribution in [0.3, 0.4) is 0 Å². The number of hydrogen-bond acceptors (Lipinski definition) is 2. The SMILES string of the molecule is C[C@@H]1CN(Cc2ccccc2)C[C@@H](C)C1S. The van der Waals surface area contributed by atoms with Gasteiger partial charge in [-0.25, -0.2) is 0 Å². The minimum Gasteiger partial charge on any atom is -0.298 e. The van der Waals surface area contributed by atoms with Gasteiger partial charge in [0.2, 0.25) is 0 Å². The van der Waals surface area contributed by atoms with Gasteiger partial charge in [-0.2, -0.15) is 12.6 Å². The summed E-state index contributed by atoms with van der Waals surface area (Å²) < 4.78 is 0. The molecule has 0 saturated carbocycles. The minimum absolute atomic E-state index is 0.562. The molecule has 88 valence electrons. The molecule has 0 bridgehead atoms. The molecule has 1 fully saturated rings. The minimum atomic E-state index is 0.562. The number of benzene rings is 1. The van der Waals surface area contributed by atoms with E-state index >= 15 is 0 Å². The monoisotopic (exact) mass is 235 g/mol. The summed E-state index contributed by atoms with van der Waals surface area (Å²) in [5.74, 6) is 1.38. The van der Waals surface area contributed by atoms with Crippen molar-refractivity contribution in [3.8, 4) is 0 Å². The standard InChI is InChI=1S/C14H21NS/c1-11-8-15(9-12(2)14(11)16)10-13-6-4-3-5-7-13/h3-7,11-12,14,16H,8-10H2,1-2H3/t11-,12-/m1/s1. The Labute approximate surface area is 104 Å². The quantitative estimate of drug-likeness (QED) is 0.771. The Balaban J connectivity index is 1.97. The summed E-state index contributed by atoms with van der Waals surface area (Å²) in [5.41, 5.74) is 1.42. The molecule has 2 heteroatoms. The first-order valence-corrected chi connectivity index (χ1v) is 6.63.